The Hall–Kier alpha value is -1.51. The third kappa shape index (κ3) is 1.83. The molecule has 1 aromatic heterocycles. The minimum absolute atomic E-state index is 0.520. The summed E-state index contributed by atoms with van der Waals surface area (Å²) in [5.41, 5.74) is -0.113. The standard InChI is InChI=1S/C12H11IN4O2/c13-9-5-2-1-4-8(9)10-14-15-16-17(10)12(11(18)19)6-3-7-12/h1-2,4-5H,3,6-7H2,(H,18,19). The lowest BCUT2D eigenvalue weighted by molar-refractivity contribution is -0.153. The summed E-state index contributed by atoms with van der Waals surface area (Å²) in [4.78, 5) is 11.6. The molecule has 1 aliphatic rings. The van der Waals surface area contributed by atoms with Crippen molar-refractivity contribution < 1.29 is 9.90 Å². The van der Waals surface area contributed by atoms with E-state index in [-0.39, 0.29) is 0 Å². The lowest BCUT2D eigenvalue weighted by Gasteiger charge is -2.37. The molecule has 0 unspecified atom stereocenters. The number of rotatable bonds is 3. The van der Waals surface area contributed by atoms with Crippen molar-refractivity contribution in [2.75, 3.05) is 0 Å². The van der Waals surface area contributed by atoms with Crippen molar-refractivity contribution in [3.05, 3.63) is 27.8 Å². The van der Waals surface area contributed by atoms with E-state index in [0.29, 0.717) is 18.7 Å². The molecule has 0 spiro atoms. The monoisotopic (exact) mass is 370 g/mol. The molecule has 1 heterocycles. The Morgan fingerprint density at radius 3 is 2.68 bits per heavy atom. The van der Waals surface area contributed by atoms with Crippen LogP contribution in [0.3, 0.4) is 0 Å². The Bertz CT molecular complexity index is 636. The van der Waals surface area contributed by atoms with Gasteiger partial charge in [0.25, 0.3) is 0 Å². The van der Waals surface area contributed by atoms with Crippen LogP contribution in [0.4, 0.5) is 0 Å². The highest BCUT2D eigenvalue weighted by atomic mass is 127. The zero-order valence-electron chi connectivity index (χ0n) is 9.95. The van der Waals surface area contributed by atoms with Gasteiger partial charge in [-0.3, -0.25) is 0 Å². The molecule has 0 aliphatic heterocycles. The quantitative estimate of drug-likeness (QED) is 0.835. The molecule has 19 heavy (non-hydrogen) atoms. The number of hydrogen-bond donors (Lipinski definition) is 1. The number of nitrogens with zero attached hydrogens (tertiary/aromatic N) is 4. The molecule has 2 aromatic rings. The van der Waals surface area contributed by atoms with Crippen LogP contribution in [0.1, 0.15) is 19.3 Å². The Morgan fingerprint density at radius 1 is 1.37 bits per heavy atom. The van der Waals surface area contributed by atoms with E-state index in [1.165, 1.54) is 4.68 Å². The van der Waals surface area contributed by atoms with Gasteiger partial charge in [0, 0.05) is 9.13 Å². The van der Waals surface area contributed by atoms with Gasteiger partial charge < -0.3 is 5.11 Å². The van der Waals surface area contributed by atoms with E-state index in [2.05, 4.69) is 38.1 Å². The third-order valence-corrected chi connectivity index (χ3v) is 4.51. The van der Waals surface area contributed by atoms with E-state index in [4.69, 9.17) is 0 Å². The molecule has 0 bridgehead atoms. The number of carbonyl (C=O) groups is 1. The van der Waals surface area contributed by atoms with Crippen molar-refractivity contribution in [3.63, 3.8) is 0 Å². The molecular formula is C12H11IN4O2. The Morgan fingerprint density at radius 2 is 2.11 bits per heavy atom. The summed E-state index contributed by atoms with van der Waals surface area (Å²) in [7, 11) is 0. The molecular weight excluding hydrogens is 359 g/mol. The first kappa shape index (κ1) is 12.5. The van der Waals surface area contributed by atoms with Crippen LogP contribution in [0.25, 0.3) is 11.4 Å². The van der Waals surface area contributed by atoms with Gasteiger partial charge in [0.1, 0.15) is 0 Å². The van der Waals surface area contributed by atoms with Crippen molar-refractivity contribution in [3.8, 4) is 11.4 Å². The van der Waals surface area contributed by atoms with Crippen LogP contribution in [-0.2, 0) is 10.3 Å². The normalized spacial score (nSPS) is 16.9. The second-order valence-electron chi connectivity index (χ2n) is 4.58. The maximum Gasteiger partial charge on any atom is 0.331 e. The lowest BCUT2D eigenvalue weighted by atomic mass is 9.76. The van der Waals surface area contributed by atoms with Gasteiger partial charge in [-0.2, -0.15) is 0 Å². The molecule has 98 valence electrons. The predicted molar refractivity (Wildman–Crippen MR) is 75.4 cm³/mol. The number of benzene rings is 1. The molecule has 0 amide bonds. The van der Waals surface area contributed by atoms with E-state index in [0.717, 1.165) is 15.6 Å². The van der Waals surface area contributed by atoms with E-state index >= 15 is 0 Å². The SMILES string of the molecule is O=C(O)C1(n2nnnc2-c2ccccc2I)CCC1. The number of tetrazole rings is 1. The second kappa shape index (κ2) is 4.55. The van der Waals surface area contributed by atoms with Gasteiger partial charge in [0.2, 0.25) is 0 Å². The maximum absolute atomic E-state index is 11.6. The maximum atomic E-state index is 11.6. The molecule has 1 aliphatic carbocycles. The molecule has 1 aromatic carbocycles. The van der Waals surface area contributed by atoms with Gasteiger partial charge in [-0.05, 0) is 58.3 Å². The van der Waals surface area contributed by atoms with Crippen molar-refractivity contribution in [2.45, 2.75) is 24.8 Å². The zero-order valence-corrected chi connectivity index (χ0v) is 12.1. The molecule has 0 saturated heterocycles. The fraction of sp³-hybridized carbons (Fsp3) is 0.333. The van der Waals surface area contributed by atoms with Crippen LogP contribution < -0.4 is 0 Å². The van der Waals surface area contributed by atoms with Crippen molar-refractivity contribution in [2.24, 2.45) is 0 Å². The topological polar surface area (TPSA) is 80.9 Å². The second-order valence-corrected chi connectivity index (χ2v) is 5.75. The zero-order chi connectivity index (χ0) is 13.5. The smallest absolute Gasteiger partial charge is 0.331 e. The van der Waals surface area contributed by atoms with E-state index in [1.807, 2.05) is 24.3 Å². The molecule has 3 rings (SSSR count). The summed E-state index contributed by atoms with van der Waals surface area (Å²) in [6.45, 7) is 0. The minimum atomic E-state index is -0.974. The van der Waals surface area contributed by atoms with Crippen LogP contribution in [-0.4, -0.2) is 31.3 Å². The summed E-state index contributed by atoms with van der Waals surface area (Å²) < 4.78 is 2.46. The number of carboxylic acids is 1. The van der Waals surface area contributed by atoms with Crippen LogP contribution in [0.15, 0.2) is 24.3 Å². The van der Waals surface area contributed by atoms with Gasteiger partial charge >= 0.3 is 5.97 Å². The van der Waals surface area contributed by atoms with Gasteiger partial charge in [0.05, 0.1) is 0 Å². The molecule has 1 fully saturated rings. The van der Waals surface area contributed by atoms with Crippen LogP contribution in [0.2, 0.25) is 0 Å². The van der Waals surface area contributed by atoms with E-state index in [1.54, 1.807) is 0 Å². The van der Waals surface area contributed by atoms with Crippen molar-refractivity contribution in [1.29, 1.82) is 0 Å². The first-order chi connectivity index (χ1) is 9.15. The number of halogens is 1. The summed E-state index contributed by atoms with van der Waals surface area (Å²) in [5, 5.41) is 21.1. The molecule has 0 atom stereocenters. The first-order valence-electron chi connectivity index (χ1n) is 5.92. The molecule has 1 N–H and O–H groups in total. The Kier molecular flexibility index (Phi) is 3.00. The molecule has 0 radical (unpaired) electrons. The number of aromatic nitrogens is 4. The molecule has 1 saturated carbocycles. The largest absolute Gasteiger partial charge is 0.479 e. The van der Waals surface area contributed by atoms with Crippen LogP contribution in [0.5, 0.6) is 0 Å². The third-order valence-electron chi connectivity index (χ3n) is 3.57. The first-order valence-corrected chi connectivity index (χ1v) is 7.00. The van der Waals surface area contributed by atoms with Crippen molar-refractivity contribution >= 4 is 28.6 Å². The number of carboxylic acid groups (broad SMARTS) is 1. The minimum Gasteiger partial charge on any atom is -0.479 e. The average Bonchev–Trinajstić information content (AvgIpc) is 2.77. The van der Waals surface area contributed by atoms with Gasteiger partial charge in [-0.25, -0.2) is 9.48 Å². The predicted octanol–water partition coefficient (Wildman–Crippen LogP) is 1.91. The Labute approximate surface area is 123 Å². The highest BCUT2D eigenvalue weighted by Gasteiger charge is 2.49. The van der Waals surface area contributed by atoms with Crippen molar-refractivity contribution in [1.82, 2.24) is 20.2 Å². The Balaban J connectivity index is 2.14. The summed E-state index contributed by atoms with van der Waals surface area (Å²) in [5.74, 6) is -0.342. The average molecular weight is 370 g/mol. The highest BCUT2D eigenvalue weighted by molar-refractivity contribution is 14.1. The van der Waals surface area contributed by atoms with E-state index < -0.39 is 11.5 Å². The summed E-state index contributed by atoms with van der Waals surface area (Å²) in [6.07, 6.45) is 2.03. The number of aliphatic carboxylic acids is 1. The van der Waals surface area contributed by atoms with Crippen LogP contribution >= 0.6 is 22.6 Å². The highest BCUT2D eigenvalue weighted by Crippen LogP contribution is 2.41. The lowest BCUT2D eigenvalue weighted by Crippen LogP contribution is -2.48. The fourth-order valence-electron chi connectivity index (χ4n) is 2.31. The molecule has 7 heteroatoms. The summed E-state index contributed by atoms with van der Waals surface area (Å²) in [6, 6.07) is 7.67. The number of hydrogen-bond acceptors (Lipinski definition) is 4. The van der Waals surface area contributed by atoms with Gasteiger partial charge in [-0.1, -0.05) is 18.2 Å². The van der Waals surface area contributed by atoms with E-state index in [9.17, 15) is 9.90 Å². The van der Waals surface area contributed by atoms with Gasteiger partial charge in [-0.15, -0.1) is 5.10 Å². The van der Waals surface area contributed by atoms with Crippen LogP contribution in [0, 0.1) is 3.57 Å². The van der Waals surface area contributed by atoms with Gasteiger partial charge in [0.15, 0.2) is 11.4 Å². The summed E-state index contributed by atoms with van der Waals surface area (Å²) >= 11 is 2.20. The molecule has 6 nitrogen and oxygen atoms in total. The fourth-order valence-corrected chi connectivity index (χ4v) is 2.94.